The molecule has 1 aromatic carbocycles. The summed E-state index contributed by atoms with van der Waals surface area (Å²) in [6.07, 6.45) is 0. The minimum Gasteiger partial charge on any atom is -0.465 e. The van der Waals surface area contributed by atoms with Crippen molar-refractivity contribution in [2.45, 2.75) is 0 Å². The number of thiophene rings is 1. The Bertz CT molecular complexity index is 807. The number of anilines is 1. The standard InChI is InChI=1S/C17H15ClN2O3S/c1-19-14-13(11-5-3-4-6-12(11)18)15(17(21)22-2)24-16(14)20-7-9-23-10-8-20/h3-6H,7-10H2,2H3. The number of halogens is 1. The van der Waals surface area contributed by atoms with Crippen LogP contribution in [0.15, 0.2) is 24.3 Å². The van der Waals surface area contributed by atoms with E-state index in [0.29, 0.717) is 53.0 Å². The highest BCUT2D eigenvalue weighted by atomic mass is 35.5. The lowest BCUT2D eigenvalue weighted by Gasteiger charge is -2.28. The van der Waals surface area contributed by atoms with E-state index >= 15 is 0 Å². The van der Waals surface area contributed by atoms with Gasteiger partial charge in [-0.1, -0.05) is 29.8 Å². The van der Waals surface area contributed by atoms with E-state index in [2.05, 4.69) is 9.74 Å². The van der Waals surface area contributed by atoms with Gasteiger partial charge in [-0.05, 0) is 11.6 Å². The highest BCUT2D eigenvalue weighted by Crippen LogP contribution is 2.50. The number of rotatable bonds is 3. The maximum absolute atomic E-state index is 12.3. The molecule has 1 aromatic heterocycles. The van der Waals surface area contributed by atoms with Gasteiger partial charge in [-0.25, -0.2) is 9.64 Å². The molecule has 0 spiro atoms. The number of benzene rings is 1. The van der Waals surface area contributed by atoms with Gasteiger partial charge in [-0.2, -0.15) is 0 Å². The van der Waals surface area contributed by atoms with Gasteiger partial charge in [0.25, 0.3) is 0 Å². The number of methoxy groups -OCH3 is 1. The molecule has 1 saturated heterocycles. The first-order valence-corrected chi connectivity index (χ1v) is 8.57. The highest BCUT2D eigenvalue weighted by molar-refractivity contribution is 7.19. The van der Waals surface area contributed by atoms with Crippen molar-refractivity contribution in [3.63, 3.8) is 0 Å². The lowest BCUT2D eigenvalue weighted by atomic mass is 10.0. The van der Waals surface area contributed by atoms with Gasteiger partial charge >= 0.3 is 5.97 Å². The van der Waals surface area contributed by atoms with Crippen molar-refractivity contribution < 1.29 is 14.3 Å². The molecule has 1 aliphatic heterocycles. The number of hydrogen-bond donors (Lipinski definition) is 0. The lowest BCUT2D eigenvalue weighted by molar-refractivity contribution is 0.0607. The summed E-state index contributed by atoms with van der Waals surface area (Å²) in [5, 5.41) is 1.27. The molecule has 5 nitrogen and oxygen atoms in total. The van der Waals surface area contributed by atoms with Crippen molar-refractivity contribution >= 4 is 39.6 Å². The summed E-state index contributed by atoms with van der Waals surface area (Å²) in [6.45, 7) is 10.2. The third-order valence-electron chi connectivity index (χ3n) is 3.79. The van der Waals surface area contributed by atoms with Gasteiger partial charge in [0.1, 0.15) is 4.88 Å². The van der Waals surface area contributed by atoms with Crippen LogP contribution in [0.2, 0.25) is 5.02 Å². The van der Waals surface area contributed by atoms with Gasteiger partial charge in [0.2, 0.25) is 5.69 Å². The molecule has 0 atom stereocenters. The Morgan fingerprint density at radius 1 is 1.38 bits per heavy atom. The third-order valence-corrected chi connectivity index (χ3v) is 5.34. The van der Waals surface area contributed by atoms with Crippen molar-refractivity contribution in [3.05, 3.63) is 45.6 Å². The molecule has 7 heteroatoms. The molecule has 2 heterocycles. The number of morpholine rings is 1. The van der Waals surface area contributed by atoms with Crippen LogP contribution in [0.25, 0.3) is 16.0 Å². The predicted octanol–water partition coefficient (Wildman–Crippen LogP) is 4.24. The van der Waals surface area contributed by atoms with Gasteiger partial charge in [-0.3, -0.25) is 0 Å². The first-order valence-electron chi connectivity index (χ1n) is 7.37. The second-order valence-corrected chi connectivity index (χ2v) is 6.55. The topological polar surface area (TPSA) is 43.1 Å². The second kappa shape index (κ2) is 7.22. The number of nitrogens with zero attached hydrogens (tertiary/aromatic N) is 2. The Morgan fingerprint density at radius 2 is 2.08 bits per heavy atom. The second-order valence-electron chi connectivity index (χ2n) is 5.14. The summed E-state index contributed by atoms with van der Waals surface area (Å²) in [4.78, 5) is 18.5. The van der Waals surface area contributed by atoms with E-state index in [1.54, 1.807) is 6.07 Å². The summed E-state index contributed by atoms with van der Waals surface area (Å²) >= 11 is 7.60. The average Bonchev–Trinajstić information content (AvgIpc) is 3.01. The molecule has 0 radical (unpaired) electrons. The Hall–Kier alpha value is -2.07. The number of carbonyl (C=O) groups excluding carboxylic acids is 1. The molecule has 1 aliphatic rings. The fraction of sp³-hybridized carbons (Fsp3) is 0.294. The molecular formula is C17H15ClN2O3S. The first-order chi connectivity index (χ1) is 11.7. The molecule has 0 amide bonds. The monoisotopic (exact) mass is 362 g/mol. The average molecular weight is 363 g/mol. The van der Waals surface area contributed by atoms with Crippen LogP contribution in [0, 0.1) is 6.57 Å². The van der Waals surface area contributed by atoms with Crippen molar-refractivity contribution in [1.82, 2.24) is 0 Å². The maximum atomic E-state index is 12.3. The quantitative estimate of drug-likeness (QED) is 0.605. The summed E-state index contributed by atoms with van der Waals surface area (Å²) in [7, 11) is 1.34. The largest absolute Gasteiger partial charge is 0.465 e. The van der Waals surface area contributed by atoms with Crippen molar-refractivity contribution in [3.8, 4) is 11.1 Å². The molecule has 2 aromatic rings. The van der Waals surface area contributed by atoms with E-state index < -0.39 is 5.97 Å². The first kappa shape index (κ1) is 16.8. The van der Waals surface area contributed by atoms with Crippen LogP contribution in [0.5, 0.6) is 0 Å². The van der Waals surface area contributed by atoms with Crippen LogP contribution in [0.4, 0.5) is 10.7 Å². The predicted molar refractivity (Wildman–Crippen MR) is 95.4 cm³/mol. The molecule has 0 saturated carbocycles. The minimum absolute atomic E-state index is 0.401. The van der Waals surface area contributed by atoms with Gasteiger partial charge in [-0.15, -0.1) is 11.3 Å². The van der Waals surface area contributed by atoms with E-state index in [4.69, 9.17) is 27.6 Å². The zero-order chi connectivity index (χ0) is 17.1. The Kier molecular flexibility index (Phi) is 5.05. The number of ether oxygens (including phenoxy) is 2. The fourth-order valence-corrected chi connectivity index (χ4v) is 4.10. The van der Waals surface area contributed by atoms with Gasteiger partial charge < -0.3 is 14.4 Å². The number of carbonyl (C=O) groups is 1. The molecule has 0 aliphatic carbocycles. The number of hydrogen-bond acceptors (Lipinski definition) is 5. The molecule has 1 fully saturated rings. The summed E-state index contributed by atoms with van der Waals surface area (Å²) < 4.78 is 10.3. The summed E-state index contributed by atoms with van der Waals surface area (Å²) in [5.41, 5.74) is 1.66. The normalized spacial score (nSPS) is 14.3. The highest BCUT2D eigenvalue weighted by Gasteiger charge is 2.29. The fourth-order valence-electron chi connectivity index (χ4n) is 2.65. The maximum Gasteiger partial charge on any atom is 0.347 e. The van der Waals surface area contributed by atoms with Gasteiger partial charge in [0.15, 0.2) is 0 Å². The minimum atomic E-state index is -0.459. The molecule has 3 rings (SSSR count). The molecule has 0 unspecified atom stereocenters. The van der Waals surface area contributed by atoms with Crippen LogP contribution in [-0.2, 0) is 9.47 Å². The van der Waals surface area contributed by atoms with Crippen LogP contribution in [-0.4, -0.2) is 39.4 Å². The summed E-state index contributed by atoms with van der Waals surface area (Å²) in [6, 6.07) is 7.21. The van der Waals surface area contributed by atoms with E-state index in [-0.39, 0.29) is 0 Å². The lowest BCUT2D eigenvalue weighted by Crippen LogP contribution is -2.35. The molecular weight excluding hydrogens is 348 g/mol. The van der Waals surface area contributed by atoms with Crippen molar-refractivity contribution in [2.24, 2.45) is 0 Å². The van der Waals surface area contributed by atoms with Crippen LogP contribution < -0.4 is 4.90 Å². The Balaban J connectivity index is 2.22. The smallest absolute Gasteiger partial charge is 0.347 e. The van der Waals surface area contributed by atoms with E-state index in [1.807, 2.05) is 18.2 Å². The van der Waals surface area contributed by atoms with Crippen LogP contribution in [0.3, 0.4) is 0 Å². The van der Waals surface area contributed by atoms with E-state index in [1.165, 1.54) is 18.4 Å². The molecule has 0 bridgehead atoms. The van der Waals surface area contributed by atoms with Crippen molar-refractivity contribution in [1.29, 1.82) is 0 Å². The van der Waals surface area contributed by atoms with Gasteiger partial charge in [0.05, 0.1) is 31.9 Å². The van der Waals surface area contributed by atoms with Crippen molar-refractivity contribution in [2.75, 3.05) is 38.3 Å². The zero-order valence-electron chi connectivity index (χ0n) is 13.0. The SMILES string of the molecule is [C-]#[N+]c1c(N2CCOCC2)sc(C(=O)OC)c1-c1ccccc1Cl. The third kappa shape index (κ3) is 2.98. The molecule has 24 heavy (non-hydrogen) atoms. The van der Waals surface area contributed by atoms with Crippen LogP contribution in [0.1, 0.15) is 9.67 Å². The molecule has 0 N–H and O–H groups in total. The van der Waals surface area contributed by atoms with E-state index in [0.717, 1.165) is 5.00 Å². The number of esters is 1. The Labute approximate surface area is 149 Å². The zero-order valence-corrected chi connectivity index (χ0v) is 14.6. The van der Waals surface area contributed by atoms with Crippen LogP contribution >= 0.6 is 22.9 Å². The van der Waals surface area contributed by atoms with E-state index in [9.17, 15) is 4.79 Å². The van der Waals surface area contributed by atoms with Gasteiger partial charge in [0, 0.05) is 23.7 Å². The molecule has 124 valence electrons. The Morgan fingerprint density at radius 3 is 2.71 bits per heavy atom. The summed E-state index contributed by atoms with van der Waals surface area (Å²) in [5.74, 6) is -0.459.